The van der Waals surface area contributed by atoms with Crippen LogP contribution >= 0.6 is 0 Å². The van der Waals surface area contributed by atoms with Crippen molar-refractivity contribution in [1.29, 1.82) is 10.5 Å². The molecule has 6 rings (SSSR count). The molecule has 0 heterocycles. The van der Waals surface area contributed by atoms with Crippen molar-refractivity contribution in [3.05, 3.63) is 166 Å². The summed E-state index contributed by atoms with van der Waals surface area (Å²) in [4.78, 5) is 0. The molecular weight excluding hydrogens is 733 g/mol. The van der Waals surface area contributed by atoms with Gasteiger partial charge in [0.1, 0.15) is 58.7 Å². The second-order valence-corrected chi connectivity index (χ2v) is 13.5. The lowest BCUT2D eigenvalue weighted by Gasteiger charge is -2.11. The zero-order valence-electron chi connectivity index (χ0n) is 29.8. The molecule has 6 aromatic rings. The van der Waals surface area contributed by atoms with E-state index in [-0.39, 0.29) is 44.5 Å². The monoisotopic (exact) mass is 764 g/mol. The summed E-state index contributed by atoms with van der Waals surface area (Å²) < 4.78 is 118. The van der Waals surface area contributed by atoms with Gasteiger partial charge in [-0.25, -0.2) is 35.1 Å². The van der Waals surface area contributed by atoms with Crippen LogP contribution in [0, 0.1) is 69.2 Å². The van der Waals surface area contributed by atoms with E-state index in [0.717, 1.165) is 98.2 Å². The van der Waals surface area contributed by atoms with Gasteiger partial charge >= 0.3 is 0 Å². The van der Waals surface area contributed by atoms with Gasteiger partial charge in [0.25, 0.3) is 0 Å². The van der Waals surface area contributed by atoms with Crippen molar-refractivity contribution in [1.82, 2.24) is 0 Å². The first kappa shape index (κ1) is 39.4. The lowest BCUT2D eigenvalue weighted by atomic mass is 9.96. The molecule has 10 heteroatoms. The molecule has 0 spiro atoms. The maximum absolute atomic E-state index is 15.1. The van der Waals surface area contributed by atoms with Crippen LogP contribution in [-0.4, -0.2) is 0 Å². The third-order valence-electron chi connectivity index (χ3n) is 9.71. The molecule has 56 heavy (non-hydrogen) atoms. The van der Waals surface area contributed by atoms with E-state index in [9.17, 15) is 26.3 Å². The van der Waals surface area contributed by atoms with Crippen LogP contribution in [0.1, 0.15) is 60.8 Å². The predicted molar refractivity (Wildman–Crippen MR) is 199 cm³/mol. The molecule has 0 bridgehead atoms. The van der Waals surface area contributed by atoms with Crippen molar-refractivity contribution in [3.8, 4) is 56.6 Å². The number of hydrogen-bond acceptors (Lipinski definition) is 2. The number of rotatable bonds is 13. The summed E-state index contributed by atoms with van der Waals surface area (Å²) in [6, 6.07) is 22.9. The fourth-order valence-electron chi connectivity index (χ4n) is 6.79. The lowest BCUT2D eigenvalue weighted by molar-refractivity contribution is 0.586. The molecule has 0 N–H and O–H groups in total. The van der Waals surface area contributed by atoms with Crippen molar-refractivity contribution >= 4 is 0 Å². The second kappa shape index (κ2) is 17.5. The Bertz CT molecular complexity index is 2290. The van der Waals surface area contributed by atoms with Gasteiger partial charge in [-0.3, -0.25) is 0 Å². The van der Waals surface area contributed by atoms with Gasteiger partial charge in [-0.05, 0) is 120 Å². The number of unbranched alkanes of at least 4 members (excludes halogenated alkanes) is 5. The maximum atomic E-state index is 15.1. The van der Waals surface area contributed by atoms with Crippen LogP contribution in [0.3, 0.4) is 0 Å². The SMILES string of the molecule is N#Cc1ccc(-c2c(F)cc(-c3ccc(CCCCCCCCc4ccc(-c5cc(F)c(-c6ccc(C#N)c(F)c6)c(F)c5)c(F)c4)cc3F)cc2F)cc1F. The standard InChI is InChI=1S/C46H32F8N2/c47-37-19-29(11-13-31(37)25-55)45-41(51)21-33(22-42(45)52)35-15-9-27(17-39(35)49)7-5-3-1-2-4-6-8-28-10-16-36(40(50)18-28)34-23-43(53)46(44(54)24-34)30-12-14-32(26-56)38(48)20-30/h9-24H,1-8H2. The number of benzene rings is 6. The molecule has 2 nitrogen and oxygen atoms in total. The molecule has 0 unspecified atom stereocenters. The maximum Gasteiger partial charge on any atom is 0.141 e. The lowest BCUT2D eigenvalue weighted by Crippen LogP contribution is -1.96. The Hall–Kier alpha value is -6.26. The number of hydrogen-bond donors (Lipinski definition) is 0. The van der Waals surface area contributed by atoms with E-state index < -0.39 is 57.7 Å². The van der Waals surface area contributed by atoms with Crippen LogP contribution < -0.4 is 0 Å². The van der Waals surface area contributed by atoms with Crippen LogP contribution in [0.15, 0.2) is 97.1 Å². The summed E-state index contributed by atoms with van der Waals surface area (Å²) in [5.74, 6) is -7.03. The summed E-state index contributed by atoms with van der Waals surface area (Å²) >= 11 is 0. The van der Waals surface area contributed by atoms with E-state index in [1.165, 1.54) is 36.4 Å². The minimum Gasteiger partial charge on any atom is -0.206 e. The van der Waals surface area contributed by atoms with Gasteiger partial charge in [-0.15, -0.1) is 0 Å². The van der Waals surface area contributed by atoms with E-state index in [0.29, 0.717) is 12.8 Å². The summed E-state index contributed by atoms with van der Waals surface area (Å²) in [7, 11) is 0. The highest BCUT2D eigenvalue weighted by Gasteiger charge is 2.19. The van der Waals surface area contributed by atoms with Crippen molar-refractivity contribution in [2.75, 3.05) is 0 Å². The first-order valence-electron chi connectivity index (χ1n) is 17.9. The number of nitriles is 2. The number of halogens is 8. The molecule has 0 aliphatic heterocycles. The summed E-state index contributed by atoms with van der Waals surface area (Å²) in [5, 5.41) is 17.8. The van der Waals surface area contributed by atoms with E-state index in [1.54, 1.807) is 24.3 Å². The molecule has 0 radical (unpaired) electrons. The van der Waals surface area contributed by atoms with Crippen molar-refractivity contribution < 1.29 is 35.1 Å². The van der Waals surface area contributed by atoms with E-state index in [1.807, 2.05) is 0 Å². The van der Waals surface area contributed by atoms with Crippen LogP contribution in [0.2, 0.25) is 0 Å². The largest absolute Gasteiger partial charge is 0.206 e. The first-order chi connectivity index (χ1) is 27.0. The fraction of sp³-hybridized carbons (Fsp3) is 0.174. The third kappa shape index (κ3) is 8.82. The zero-order chi connectivity index (χ0) is 39.9. The fourth-order valence-corrected chi connectivity index (χ4v) is 6.79. The van der Waals surface area contributed by atoms with Gasteiger partial charge in [0.05, 0.1) is 22.3 Å². The van der Waals surface area contributed by atoms with Crippen LogP contribution in [0.25, 0.3) is 44.5 Å². The van der Waals surface area contributed by atoms with Crippen LogP contribution in [-0.2, 0) is 12.8 Å². The molecule has 0 atom stereocenters. The second-order valence-electron chi connectivity index (χ2n) is 13.5. The van der Waals surface area contributed by atoms with Crippen molar-refractivity contribution in [2.24, 2.45) is 0 Å². The van der Waals surface area contributed by atoms with E-state index in [2.05, 4.69) is 0 Å². The minimum absolute atomic E-state index is 0.00212. The van der Waals surface area contributed by atoms with Gasteiger partial charge < -0.3 is 0 Å². The van der Waals surface area contributed by atoms with Crippen LogP contribution in [0.4, 0.5) is 35.1 Å². The molecule has 0 saturated carbocycles. The first-order valence-corrected chi connectivity index (χ1v) is 17.9. The Morgan fingerprint density at radius 1 is 0.339 bits per heavy atom. The molecule has 6 aromatic carbocycles. The van der Waals surface area contributed by atoms with E-state index >= 15 is 8.78 Å². The van der Waals surface area contributed by atoms with Gasteiger partial charge in [0.15, 0.2) is 0 Å². The van der Waals surface area contributed by atoms with Crippen LogP contribution in [0.5, 0.6) is 0 Å². The van der Waals surface area contributed by atoms with Crippen molar-refractivity contribution in [2.45, 2.75) is 51.4 Å². The molecule has 0 fully saturated rings. The van der Waals surface area contributed by atoms with Gasteiger partial charge in [-0.1, -0.05) is 62.1 Å². The molecule has 282 valence electrons. The molecule has 0 amide bonds. The highest BCUT2D eigenvalue weighted by atomic mass is 19.2. The average Bonchev–Trinajstić information content (AvgIpc) is 3.15. The minimum atomic E-state index is -0.991. The van der Waals surface area contributed by atoms with Gasteiger partial charge in [0.2, 0.25) is 0 Å². The zero-order valence-corrected chi connectivity index (χ0v) is 29.8. The molecular formula is C46H32F8N2. The third-order valence-corrected chi connectivity index (χ3v) is 9.71. The smallest absolute Gasteiger partial charge is 0.141 e. The van der Waals surface area contributed by atoms with Gasteiger partial charge in [0, 0.05) is 11.1 Å². The Labute approximate surface area is 318 Å². The Kier molecular flexibility index (Phi) is 12.3. The van der Waals surface area contributed by atoms with Gasteiger partial charge in [-0.2, -0.15) is 10.5 Å². The number of aryl methyl sites for hydroxylation is 2. The molecule has 0 aliphatic rings. The highest BCUT2D eigenvalue weighted by molar-refractivity contribution is 5.74. The Balaban J connectivity index is 0.954. The molecule has 0 aliphatic carbocycles. The molecule has 0 saturated heterocycles. The normalized spacial score (nSPS) is 11.0. The summed E-state index contributed by atoms with van der Waals surface area (Å²) in [5.41, 5.74) is -0.0957. The predicted octanol–water partition coefficient (Wildman–Crippen LogP) is 13.3. The quantitative estimate of drug-likeness (QED) is 0.0868. The van der Waals surface area contributed by atoms with E-state index in [4.69, 9.17) is 10.5 Å². The summed E-state index contributed by atoms with van der Waals surface area (Å²) in [6.45, 7) is 0. The Morgan fingerprint density at radius 3 is 1.00 bits per heavy atom. The summed E-state index contributed by atoms with van der Waals surface area (Å²) in [6.07, 6.45) is 6.49. The Morgan fingerprint density at radius 2 is 0.679 bits per heavy atom. The number of nitrogens with zero attached hydrogens (tertiary/aromatic N) is 2. The topological polar surface area (TPSA) is 47.6 Å². The molecule has 0 aromatic heterocycles. The average molecular weight is 765 g/mol. The van der Waals surface area contributed by atoms with Crippen molar-refractivity contribution in [3.63, 3.8) is 0 Å². The highest BCUT2D eigenvalue weighted by Crippen LogP contribution is 2.35.